The minimum Gasteiger partial charge on any atom is -0.339 e. The monoisotopic (exact) mass is 291 g/mol. The highest BCUT2D eigenvalue weighted by molar-refractivity contribution is 5.98. The van der Waals surface area contributed by atoms with Gasteiger partial charge in [-0.1, -0.05) is 31.8 Å². The molecule has 0 unspecified atom stereocenters. The fraction of sp³-hybridized carbons (Fsp3) is 0.733. The summed E-state index contributed by atoms with van der Waals surface area (Å²) in [5.74, 6) is 0.894. The lowest BCUT2D eigenvalue weighted by Crippen LogP contribution is -2.46. The molecule has 6 heteroatoms. The van der Waals surface area contributed by atoms with Crippen molar-refractivity contribution in [1.29, 1.82) is 0 Å². The number of carbonyl (C=O) groups excluding carboxylic acids is 2. The van der Waals surface area contributed by atoms with Crippen molar-refractivity contribution in [3.63, 3.8) is 0 Å². The third-order valence-corrected chi connectivity index (χ3v) is 4.60. The first-order chi connectivity index (χ1) is 9.99. The van der Waals surface area contributed by atoms with Gasteiger partial charge in [0.05, 0.1) is 6.54 Å². The van der Waals surface area contributed by atoms with Gasteiger partial charge >= 0.3 is 0 Å². The number of hydrogen-bond acceptors (Lipinski definition) is 5. The minimum absolute atomic E-state index is 0.0645. The molecule has 1 aliphatic carbocycles. The summed E-state index contributed by atoms with van der Waals surface area (Å²) in [7, 11) is 0. The summed E-state index contributed by atoms with van der Waals surface area (Å²) in [4.78, 5) is 30.2. The third kappa shape index (κ3) is 2.71. The van der Waals surface area contributed by atoms with Gasteiger partial charge in [0.15, 0.2) is 5.82 Å². The Labute approximate surface area is 123 Å². The molecule has 6 nitrogen and oxygen atoms in total. The lowest BCUT2D eigenvalue weighted by molar-refractivity contribution is -0.154. The number of nitrogens with zero attached hydrogens (tertiary/aromatic N) is 3. The number of likely N-dealkylation sites (tertiary alicyclic amines) is 1. The Kier molecular flexibility index (Phi) is 3.55. The molecule has 1 aromatic heterocycles. The summed E-state index contributed by atoms with van der Waals surface area (Å²) in [6.07, 6.45) is 5.21. The summed E-state index contributed by atoms with van der Waals surface area (Å²) in [5, 5.41) is 3.86. The van der Waals surface area contributed by atoms with E-state index in [-0.39, 0.29) is 29.7 Å². The fourth-order valence-electron chi connectivity index (χ4n) is 3.40. The van der Waals surface area contributed by atoms with Gasteiger partial charge in [-0.3, -0.25) is 14.5 Å². The highest BCUT2D eigenvalue weighted by Crippen LogP contribution is 2.47. The van der Waals surface area contributed by atoms with E-state index >= 15 is 0 Å². The molecule has 2 aliphatic rings. The molecule has 21 heavy (non-hydrogen) atoms. The highest BCUT2D eigenvalue weighted by atomic mass is 16.5. The molecule has 1 saturated carbocycles. The van der Waals surface area contributed by atoms with Crippen LogP contribution in [0.15, 0.2) is 4.52 Å². The molecule has 0 atom stereocenters. The second kappa shape index (κ2) is 5.24. The standard InChI is InChI=1S/C15H21N3O3/c1-10(2)14-16-11(17-21-14)9-18-12(19)7-15(8-13(18)20)5-3-4-6-15/h10H,3-9H2,1-2H3. The summed E-state index contributed by atoms with van der Waals surface area (Å²) in [5.41, 5.74) is -0.0645. The fourth-order valence-corrected chi connectivity index (χ4v) is 3.40. The Bertz CT molecular complexity index is 538. The lowest BCUT2D eigenvalue weighted by Gasteiger charge is -2.36. The molecule has 1 aromatic rings. The summed E-state index contributed by atoms with van der Waals surface area (Å²) in [6, 6.07) is 0. The first-order valence-corrected chi connectivity index (χ1v) is 7.65. The number of piperidine rings is 1. The molecule has 0 N–H and O–H groups in total. The topological polar surface area (TPSA) is 76.3 Å². The number of imide groups is 1. The number of carbonyl (C=O) groups is 2. The van der Waals surface area contributed by atoms with Crippen LogP contribution in [0.3, 0.4) is 0 Å². The first-order valence-electron chi connectivity index (χ1n) is 7.65. The van der Waals surface area contributed by atoms with E-state index in [0.29, 0.717) is 24.6 Å². The molecule has 2 heterocycles. The van der Waals surface area contributed by atoms with Gasteiger partial charge < -0.3 is 4.52 Å². The highest BCUT2D eigenvalue weighted by Gasteiger charge is 2.45. The third-order valence-electron chi connectivity index (χ3n) is 4.60. The van der Waals surface area contributed by atoms with Gasteiger partial charge in [-0.05, 0) is 18.3 Å². The Hall–Kier alpha value is -1.72. The zero-order chi connectivity index (χ0) is 15.0. The average molecular weight is 291 g/mol. The summed E-state index contributed by atoms with van der Waals surface area (Å²) >= 11 is 0. The predicted octanol–water partition coefficient (Wildman–Crippen LogP) is 2.40. The van der Waals surface area contributed by atoms with Crippen molar-refractivity contribution in [3.05, 3.63) is 11.7 Å². The number of aromatic nitrogens is 2. The molecule has 1 saturated heterocycles. The average Bonchev–Trinajstić information content (AvgIpc) is 3.04. The van der Waals surface area contributed by atoms with E-state index < -0.39 is 0 Å². The van der Waals surface area contributed by atoms with Crippen LogP contribution >= 0.6 is 0 Å². The van der Waals surface area contributed by atoms with Crippen LogP contribution in [0, 0.1) is 5.41 Å². The molecule has 2 amide bonds. The predicted molar refractivity (Wildman–Crippen MR) is 74.1 cm³/mol. The van der Waals surface area contributed by atoms with Crippen LogP contribution in [-0.2, 0) is 16.1 Å². The maximum atomic E-state index is 12.3. The molecular formula is C15H21N3O3. The van der Waals surface area contributed by atoms with E-state index in [1.165, 1.54) is 4.90 Å². The van der Waals surface area contributed by atoms with E-state index in [9.17, 15) is 9.59 Å². The largest absolute Gasteiger partial charge is 0.339 e. The Morgan fingerprint density at radius 1 is 1.19 bits per heavy atom. The van der Waals surface area contributed by atoms with E-state index in [2.05, 4.69) is 10.1 Å². The Morgan fingerprint density at radius 2 is 1.81 bits per heavy atom. The van der Waals surface area contributed by atoms with Crippen LogP contribution in [0.5, 0.6) is 0 Å². The van der Waals surface area contributed by atoms with Gasteiger partial charge in [-0.2, -0.15) is 4.98 Å². The van der Waals surface area contributed by atoms with Crippen LogP contribution in [0.2, 0.25) is 0 Å². The molecule has 3 rings (SSSR count). The van der Waals surface area contributed by atoms with Crippen molar-refractivity contribution in [2.75, 3.05) is 0 Å². The van der Waals surface area contributed by atoms with Gasteiger partial charge in [0.1, 0.15) is 0 Å². The molecular weight excluding hydrogens is 270 g/mol. The molecule has 2 fully saturated rings. The van der Waals surface area contributed by atoms with E-state index in [0.717, 1.165) is 25.7 Å². The van der Waals surface area contributed by atoms with Crippen LogP contribution < -0.4 is 0 Å². The molecule has 1 spiro atoms. The molecule has 0 aromatic carbocycles. The van der Waals surface area contributed by atoms with Crippen LogP contribution in [0.1, 0.15) is 70.0 Å². The van der Waals surface area contributed by atoms with Crippen molar-refractivity contribution < 1.29 is 14.1 Å². The quantitative estimate of drug-likeness (QED) is 0.799. The number of amides is 2. The lowest BCUT2D eigenvalue weighted by atomic mass is 9.76. The first kappa shape index (κ1) is 14.2. The minimum atomic E-state index is -0.0935. The van der Waals surface area contributed by atoms with Crippen molar-refractivity contribution in [2.45, 2.75) is 64.8 Å². The molecule has 0 radical (unpaired) electrons. The van der Waals surface area contributed by atoms with Gasteiger partial charge in [0.25, 0.3) is 0 Å². The van der Waals surface area contributed by atoms with Crippen LogP contribution in [0.25, 0.3) is 0 Å². The zero-order valence-electron chi connectivity index (χ0n) is 12.6. The van der Waals surface area contributed by atoms with Crippen molar-refractivity contribution >= 4 is 11.8 Å². The van der Waals surface area contributed by atoms with Gasteiger partial charge in [-0.15, -0.1) is 0 Å². The normalized spacial score (nSPS) is 21.8. The van der Waals surface area contributed by atoms with Gasteiger partial charge in [0, 0.05) is 18.8 Å². The Morgan fingerprint density at radius 3 is 2.33 bits per heavy atom. The van der Waals surface area contributed by atoms with Crippen LogP contribution in [0.4, 0.5) is 0 Å². The van der Waals surface area contributed by atoms with Gasteiger partial charge in [0.2, 0.25) is 17.7 Å². The van der Waals surface area contributed by atoms with Crippen molar-refractivity contribution in [1.82, 2.24) is 15.0 Å². The Balaban J connectivity index is 1.71. The van der Waals surface area contributed by atoms with E-state index in [1.54, 1.807) is 0 Å². The molecule has 1 aliphatic heterocycles. The van der Waals surface area contributed by atoms with E-state index in [4.69, 9.17) is 4.52 Å². The maximum Gasteiger partial charge on any atom is 0.230 e. The smallest absolute Gasteiger partial charge is 0.230 e. The summed E-state index contributed by atoms with van der Waals surface area (Å²) in [6.45, 7) is 4.04. The van der Waals surface area contributed by atoms with Crippen molar-refractivity contribution in [3.8, 4) is 0 Å². The van der Waals surface area contributed by atoms with Crippen LogP contribution in [-0.4, -0.2) is 26.9 Å². The number of rotatable bonds is 3. The van der Waals surface area contributed by atoms with E-state index in [1.807, 2.05) is 13.8 Å². The van der Waals surface area contributed by atoms with Crippen molar-refractivity contribution in [2.24, 2.45) is 5.41 Å². The zero-order valence-corrected chi connectivity index (χ0v) is 12.6. The second-order valence-electron chi connectivity index (χ2n) is 6.64. The molecule has 114 valence electrons. The summed E-state index contributed by atoms with van der Waals surface area (Å²) < 4.78 is 5.12. The SMILES string of the molecule is CC(C)c1nc(CN2C(=O)CC3(CCCC3)CC2=O)no1. The number of hydrogen-bond donors (Lipinski definition) is 0. The maximum absolute atomic E-state index is 12.3. The van der Waals surface area contributed by atoms with Gasteiger partial charge in [-0.25, -0.2) is 0 Å². The second-order valence-corrected chi connectivity index (χ2v) is 6.64. The molecule has 0 bridgehead atoms.